The molecule has 0 amide bonds. The van der Waals surface area contributed by atoms with Crippen LogP contribution in [0.1, 0.15) is 12.1 Å². The number of hydrogen-bond donors (Lipinski definition) is 2. The van der Waals surface area contributed by atoms with Gasteiger partial charge in [0.15, 0.2) is 5.65 Å². The maximum atomic E-state index is 10.2. The summed E-state index contributed by atoms with van der Waals surface area (Å²) in [5.41, 5.74) is 1.08. The lowest BCUT2D eigenvalue weighted by Gasteiger charge is -2.19. The Morgan fingerprint density at radius 1 is 1.56 bits per heavy atom. The largest absolute Gasteiger partial charge is 0.388 e. The van der Waals surface area contributed by atoms with Gasteiger partial charge in [-0.25, -0.2) is 9.50 Å². The zero-order chi connectivity index (χ0) is 11.0. The fraction of sp³-hybridized carbons (Fsp3) is 0.455. The molecule has 16 heavy (non-hydrogen) atoms. The van der Waals surface area contributed by atoms with Crippen molar-refractivity contribution in [3.8, 4) is 0 Å². The molecule has 1 unspecified atom stereocenters. The Balaban J connectivity index is 1.89. The van der Waals surface area contributed by atoms with Crippen LogP contribution in [0, 0.1) is 0 Å². The summed E-state index contributed by atoms with van der Waals surface area (Å²) in [5.74, 6) is 0. The van der Waals surface area contributed by atoms with Crippen molar-refractivity contribution < 1.29 is 5.11 Å². The van der Waals surface area contributed by atoms with Crippen molar-refractivity contribution in [2.75, 3.05) is 13.1 Å². The monoisotopic (exact) mass is 218 g/mol. The second-order valence-electron chi connectivity index (χ2n) is 4.39. The van der Waals surface area contributed by atoms with E-state index < -0.39 is 5.60 Å². The molecule has 2 aromatic rings. The first-order chi connectivity index (χ1) is 7.75. The molecule has 0 aliphatic carbocycles. The van der Waals surface area contributed by atoms with Crippen LogP contribution in [0.15, 0.2) is 24.5 Å². The Morgan fingerprint density at radius 3 is 3.25 bits per heavy atom. The van der Waals surface area contributed by atoms with Crippen LogP contribution in [-0.2, 0) is 6.42 Å². The van der Waals surface area contributed by atoms with Crippen LogP contribution in [0.25, 0.3) is 5.65 Å². The molecule has 1 saturated heterocycles. The molecule has 0 saturated carbocycles. The fourth-order valence-corrected chi connectivity index (χ4v) is 2.18. The highest BCUT2D eigenvalue weighted by molar-refractivity contribution is 5.38. The SMILES string of the molecule is OC1(Cc2cc3ncccn3n2)CCNC1. The zero-order valence-corrected chi connectivity index (χ0v) is 8.93. The normalized spacial score (nSPS) is 25.3. The molecule has 0 aromatic carbocycles. The van der Waals surface area contributed by atoms with Crippen molar-refractivity contribution in [2.24, 2.45) is 0 Å². The number of aliphatic hydroxyl groups is 1. The van der Waals surface area contributed by atoms with Gasteiger partial charge in [-0.15, -0.1) is 0 Å². The van der Waals surface area contributed by atoms with E-state index in [0.717, 1.165) is 24.3 Å². The molecule has 84 valence electrons. The van der Waals surface area contributed by atoms with Crippen LogP contribution in [0.3, 0.4) is 0 Å². The summed E-state index contributed by atoms with van der Waals surface area (Å²) in [4.78, 5) is 4.20. The van der Waals surface area contributed by atoms with Crippen molar-refractivity contribution in [1.29, 1.82) is 0 Å². The Morgan fingerprint density at radius 2 is 2.50 bits per heavy atom. The van der Waals surface area contributed by atoms with Gasteiger partial charge in [0.25, 0.3) is 0 Å². The molecule has 2 aromatic heterocycles. The van der Waals surface area contributed by atoms with E-state index in [1.165, 1.54) is 0 Å². The van der Waals surface area contributed by atoms with E-state index in [9.17, 15) is 5.11 Å². The van der Waals surface area contributed by atoms with E-state index >= 15 is 0 Å². The molecule has 0 bridgehead atoms. The van der Waals surface area contributed by atoms with Gasteiger partial charge in [0.2, 0.25) is 0 Å². The topological polar surface area (TPSA) is 62.5 Å². The Bertz CT molecular complexity index is 468. The van der Waals surface area contributed by atoms with Crippen LogP contribution in [0.4, 0.5) is 0 Å². The summed E-state index contributed by atoms with van der Waals surface area (Å²) in [6.07, 6.45) is 4.98. The molecular weight excluding hydrogens is 204 g/mol. The van der Waals surface area contributed by atoms with Gasteiger partial charge in [0, 0.05) is 31.4 Å². The summed E-state index contributed by atoms with van der Waals surface area (Å²) in [5, 5.41) is 17.8. The molecule has 1 fully saturated rings. The van der Waals surface area contributed by atoms with E-state index in [1.54, 1.807) is 10.7 Å². The molecule has 3 rings (SSSR count). The third kappa shape index (κ3) is 1.68. The van der Waals surface area contributed by atoms with Crippen LogP contribution in [0.5, 0.6) is 0 Å². The minimum absolute atomic E-state index is 0.587. The highest BCUT2D eigenvalue weighted by Crippen LogP contribution is 2.19. The summed E-state index contributed by atoms with van der Waals surface area (Å²) < 4.78 is 1.74. The molecule has 1 aliphatic rings. The molecule has 1 atom stereocenters. The van der Waals surface area contributed by atoms with E-state index in [-0.39, 0.29) is 0 Å². The maximum absolute atomic E-state index is 10.2. The maximum Gasteiger partial charge on any atom is 0.155 e. The number of aromatic nitrogens is 3. The number of β-amino-alcohol motifs (C(OH)–C–C–N with tert-alkyl or cyclic N) is 1. The molecule has 5 heteroatoms. The molecule has 2 N–H and O–H groups in total. The number of nitrogens with one attached hydrogen (secondary N) is 1. The predicted octanol–water partition coefficient (Wildman–Crippen LogP) is -0.00380. The van der Waals surface area contributed by atoms with Crippen LogP contribution in [-0.4, -0.2) is 38.4 Å². The quantitative estimate of drug-likeness (QED) is 0.744. The minimum Gasteiger partial charge on any atom is -0.388 e. The van der Waals surface area contributed by atoms with Gasteiger partial charge >= 0.3 is 0 Å². The second kappa shape index (κ2) is 3.54. The van der Waals surface area contributed by atoms with Gasteiger partial charge < -0.3 is 10.4 Å². The number of fused-ring (bicyclic) bond motifs is 1. The van der Waals surface area contributed by atoms with Crippen LogP contribution in [0.2, 0.25) is 0 Å². The van der Waals surface area contributed by atoms with Crippen LogP contribution >= 0.6 is 0 Å². The zero-order valence-electron chi connectivity index (χ0n) is 8.93. The van der Waals surface area contributed by atoms with E-state index in [4.69, 9.17) is 0 Å². The molecular formula is C11H14N4O. The van der Waals surface area contributed by atoms with Gasteiger partial charge in [-0.3, -0.25) is 0 Å². The van der Waals surface area contributed by atoms with Crippen molar-refractivity contribution in [3.05, 3.63) is 30.2 Å². The van der Waals surface area contributed by atoms with Gasteiger partial charge in [-0.2, -0.15) is 5.10 Å². The lowest BCUT2D eigenvalue weighted by molar-refractivity contribution is 0.0608. The smallest absolute Gasteiger partial charge is 0.155 e. The number of nitrogens with zero attached hydrogens (tertiary/aromatic N) is 3. The molecule has 0 spiro atoms. The number of hydrogen-bond acceptors (Lipinski definition) is 4. The Hall–Kier alpha value is -1.46. The first-order valence-corrected chi connectivity index (χ1v) is 5.48. The first kappa shape index (κ1) is 9.74. The van der Waals surface area contributed by atoms with Crippen molar-refractivity contribution >= 4 is 5.65 Å². The molecule has 1 aliphatic heterocycles. The number of rotatable bonds is 2. The van der Waals surface area contributed by atoms with Crippen molar-refractivity contribution in [3.63, 3.8) is 0 Å². The van der Waals surface area contributed by atoms with Crippen molar-refractivity contribution in [1.82, 2.24) is 19.9 Å². The average Bonchev–Trinajstić information content (AvgIpc) is 2.84. The highest BCUT2D eigenvalue weighted by Gasteiger charge is 2.31. The molecule has 0 radical (unpaired) electrons. The van der Waals surface area contributed by atoms with Crippen molar-refractivity contribution in [2.45, 2.75) is 18.4 Å². The fourth-order valence-electron chi connectivity index (χ4n) is 2.18. The van der Waals surface area contributed by atoms with E-state index in [1.807, 2.05) is 18.3 Å². The lowest BCUT2D eigenvalue weighted by atomic mass is 9.97. The van der Waals surface area contributed by atoms with Gasteiger partial charge in [0.1, 0.15) is 0 Å². The standard InChI is InChI=1S/C11H14N4O/c16-11(2-4-12-8-11)7-9-6-10-13-3-1-5-15(10)14-9/h1,3,5-6,12,16H,2,4,7-8H2. The first-order valence-electron chi connectivity index (χ1n) is 5.48. The minimum atomic E-state index is -0.641. The third-order valence-electron chi connectivity index (χ3n) is 3.02. The van der Waals surface area contributed by atoms with Gasteiger partial charge in [0.05, 0.1) is 11.3 Å². The Kier molecular flexibility index (Phi) is 2.15. The predicted molar refractivity (Wildman–Crippen MR) is 59.1 cm³/mol. The third-order valence-corrected chi connectivity index (χ3v) is 3.02. The van der Waals surface area contributed by atoms with E-state index in [2.05, 4.69) is 15.4 Å². The Labute approximate surface area is 93.1 Å². The van der Waals surface area contributed by atoms with E-state index in [0.29, 0.717) is 13.0 Å². The summed E-state index contributed by atoms with van der Waals surface area (Å²) >= 11 is 0. The summed E-state index contributed by atoms with van der Waals surface area (Å²) in [6, 6.07) is 3.77. The molecule has 3 heterocycles. The second-order valence-corrected chi connectivity index (χ2v) is 4.39. The highest BCUT2D eigenvalue weighted by atomic mass is 16.3. The van der Waals surface area contributed by atoms with Gasteiger partial charge in [-0.05, 0) is 19.0 Å². The average molecular weight is 218 g/mol. The molecule has 5 nitrogen and oxygen atoms in total. The van der Waals surface area contributed by atoms with Gasteiger partial charge in [-0.1, -0.05) is 0 Å². The summed E-state index contributed by atoms with van der Waals surface area (Å²) in [6.45, 7) is 1.52. The lowest BCUT2D eigenvalue weighted by Crippen LogP contribution is -2.33. The summed E-state index contributed by atoms with van der Waals surface area (Å²) in [7, 11) is 0. The van der Waals surface area contributed by atoms with Crippen LogP contribution < -0.4 is 5.32 Å².